The van der Waals surface area contributed by atoms with Gasteiger partial charge in [0.05, 0.1) is 18.8 Å². The second-order valence-electron chi connectivity index (χ2n) is 6.29. The second kappa shape index (κ2) is 6.39. The number of ether oxygens (including phenoxy) is 1. The fourth-order valence-electron chi connectivity index (χ4n) is 2.11. The maximum atomic E-state index is 12.6. The van der Waals surface area contributed by atoms with E-state index in [2.05, 4.69) is 15.3 Å². The zero-order valence-electron chi connectivity index (χ0n) is 13.4. The van der Waals surface area contributed by atoms with Crippen LogP contribution in [0.4, 0.5) is 0 Å². The lowest BCUT2D eigenvalue weighted by molar-refractivity contribution is -0.152. The van der Waals surface area contributed by atoms with Crippen LogP contribution in [0.2, 0.25) is 0 Å². The van der Waals surface area contributed by atoms with Crippen LogP contribution in [0.1, 0.15) is 33.5 Å². The molecule has 1 aliphatic heterocycles. The van der Waals surface area contributed by atoms with Crippen molar-refractivity contribution in [2.24, 2.45) is 0 Å². The van der Waals surface area contributed by atoms with E-state index >= 15 is 0 Å². The molecule has 7 nitrogen and oxygen atoms in total. The number of hydrogen-bond acceptors (Lipinski definition) is 5. The summed E-state index contributed by atoms with van der Waals surface area (Å²) in [5, 5.41) is 2.71. The van der Waals surface area contributed by atoms with E-state index < -0.39 is 12.1 Å². The summed E-state index contributed by atoms with van der Waals surface area (Å²) >= 11 is 0. The Morgan fingerprint density at radius 2 is 1.91 bits per heavy atom. The normalized spacial score (nSPS) is 22.6. The number of nitrogens with one attached hydrogen (secondary N) is 1. The van der Waals surface area contributed by atoms with Gasteiger partial charge >= 0.3 is 0 Å². The van der Waals surface area contributed by atoms with E-state index in [0.29, 0.717) is 5.82 Å². The highest BCUT2D eigenvalue weighted by Crippen LogP contribution is 2.15. The van der Waals surface area contributed by atoms with Gasteiger partial charge in [0, 0.05) is 12.4 Å². The minimum atomic E-state index is -0.674. The first kappa shape index (κ1) is 16.4. The van der Waals surface area contributed by atoms with E-state index in [1.165, 1.54) is 4.90 Å². The first-order valence-corrected chi connectivity index (χ1v) is 7.28. The van der Waals surface area contributed by atoms with Crippen LogP contribution in [0, 0.1) is 0 Å². The molecule has 0 saturated carbocycles. The summed E-state index contributed by atoms with van der Waals surface area (Å²) in [6, 6.07) is 0.478. The van der Waals surface area contributed by atoms with Crippen LogP contribution in [0.25, 0.3) is 0 Å². The quantitative estimate of drug-likeness (QED) is 0.876. The zero-order chi connectivity index (χ0) is 16.3. The summed E-state index contributed by atoms with van der Waals surface area (Å²) in [4.78, 5) is 34.4. The standard InChI is InChI=1S/C15H22N4O3/c1-10-13(20)18-11(9-22-15(2,3)4)14(21)19(10)8-12-16-6-5-7-17-12/h5-7,10-11H,8-9H2,1-4H3,(H,18,20). The van der Waals surface area contributed by atoms with Crippen LogP contribution in [-0.4, -0.2) is 51.0 Å². The van der Waals surface area contributed by atoms with Crippen molar-refractivity contribution in [3.8, 4) is 0 Å². The number of nitrogens with zero attached hydrogens (tertiary/aromatic N) is 3. The van der Waals surface area contributed by atoms with Gasteiger partial charge in [0.25, 0.3) is 0 Å². The molecule has 1 aromatic rings. The molecule has 0 bridgehead atoms. The third kappa shape index (κ3) is 4.00. The molecule has 22 heavy (non-hydrogen) atoms. The maximum absolute atomic E-state index is 12.6. The number of piperazine rings is 1. The lowest BCUT2D eigenvalue weighted by atomic mass is 10.1. The van der Waals surface area contributed by atoms with Gasteiger partial charge in [0.1, 0.15) is 17.9 Å². The number of rotatable bonds is 4. The van der Waals surface area contributed by atoms with Gasteiger partial charge < -0.3 is 15.0 Å². The summed E-state index contributed by atoms with van der Waals surface area (Å²) in [6.45, 7) is 7.76. The lowest BCUT2D eigenvalue weighted by Crippen LogP contribution is -2.63. The van der Waals surface area contributed by atoms with Gasteiger partial charge in [-0.2, -0.15) is 0 Å². The largest absolute Gasteiger partial charge is 0.373 e. The summed E-state index contributed by atoms with van der Waals surface area (Å²) in [7, 11) is 0. The van der Waals surface area contributed by atoms with Gasteiger partial charge in [-0.3, -0.25) is 9.59 Å². The molecule has 2 atom stereocenters. The Balaban J connectivity index is 2.10. The molecular formula is C15H22N4O3. The van der Waals surface area contributed by atoms with Crippen molar-refractivity contribution in [3.63, 3.8) is 0 Å². The van der Waals surface area contributed by atoms with Gasteiger partial charge in [-0.05, 0) is 33.8 Å². The molecule has 1 aromatic heterocycles. The van der Waals surface area contributed by atoms with Gasteiger partial charge in [-0.25, -0.2) is 9.97 Å². The van der Waals surface area contributed by atoms with Crippen molar-refractivity contribution in [2.45, 2.75) is 51.9 Å². The highest BCUT2D eigenvalue weighted by atomic mass is 16.5. The fourth-order valence-corrected chi connectivity index (χ4v) is 2.11. The van der Waals surface area contributed by atoms with Gasteiger partial charge in [-0.15, -0.1) is 0 Å². The average molecular weight is 306 g/mol. The summed E-state index contributed by atoms with van der Waals surface area (Å²) < 4.78 is 5.63. The summed E-state index contributed by atoms with van der Waals surface area (Å²) in [6.07, 6.45) is 3.23. The Morgan fingerprint density at radius 3 is 2.50 bits per heavy atom. The molecule has 2 rings (SSSR count). The molecular weight excluding hydrogens is 284 g/mol. The van der Waals surface area contributed by atoms with E-state index in [9.17, 15) is 9.59 Å². The van der Waals surface area contributed by atoms with Crippen LogP contribution in [0.3, 0.4) is 0 Å². The molecule has 7 heteroatoms. The average Bonchev–Trinajstić information content (AvgIpc) is 2.46. The van der Waals surface area contributed by atoms with Crippen LogP contribution >= 0.6 is 0 Å². The Labute approximate surface area is 130 Å². The number of hydrogen-bond donors (Lipinski definition) is 1. The van der Waals surface area contributed by atoms with E-state index in [-0.39, 0.29) is 30.6 Å². The monoisotopic (exact) mass is 306 g/mol. The van der Waals surface area contributed by atoms with Crippen molar-refractivity contribution in [2.75, 3.05) is 6.61 Å². The molecule has 1 aliphatic rings. The Kier molecular flexibility index (Phi) is 4.75. The number of amides is 2. The van der Waals surface area contributed by atoms with E-state index in [1.807, 2.05) is 20.8 Å². The fraction of sp³-hybridized carbons (Fsp3) is 0.600. The topological polar surface area (TPSA) is 84.4 Å². The van der Waals surface area contributed by atoms with E-state index in [4.69, 9.17) is 4.74 Å². The van der Waals surface area contributed by atoms with Gasteiger partial charge in [0.2, 0.25) is 11.8 Å². The van der Waals surface area contributed by atoms with Crippen LogP contribution in [0.15, 0.2) is 18.5 Å². The third-order valence-corrected chi connectivity index (χ3v) is 3.36. The van der Waals surface area contributed by atoms with Crippen molar-refractivity contribution >= 4 is 11.8 Å². The van der Waals surface area contributed by atoms with Crippen molar-refractivity contribution in [1.82, 2.24) is 20.2 Å². The van der Waals surface area contributed by atoms with Crippen LogP contribution < -0.4 is 5.32 Å². The molecule has 2 heterocycles. The third-order valence-electron chi connectivity index (χ3n) is 3.36. The molecule has 0 aliphatic carbocycles. The number of carbonyl (C=O) groups is 2. The SMILES string of the molecule is CC1C(=O)NC(COC(C)(C)C)C(=O)N1Cc1ncccn1. The van der Waals surface area contributed by atoms with E-state index in [0.717, 1.165) is 0 Å². The lowest BCUT2D eigenvalue weighted by Gasteiger charge is -2.37. The van der Waals surface area contributed by atoms with Crippen molar-refractivity contribution in [3.05, 3.63) is 24.3 Å². The second-order valence-corrected chi connectivity index (χ2v) is 6.29. The van der Waals surface area contributed by atoms with Crippen molar-refractivity contribution < 1.29 is 14.3 Å². The first-order chi connectivity index (χ1) is 10.3. The Morgan fingerprint density at radius 1 is 1.27 bits per heavy atom. The van der Waals surface area contributed by atoms with Gasteiger partial charge in [-0.1, -0.05) is 0 Å². The Bertz CT molecular complexity index is 541. The smallest absolute Gasteiger partial charge is 0.248 e. The molecule has 1 N–H and O–H groups in total. The van der Waals surface area contributed by atoms with Gasteiger partial charge in [0.15, 0.2) is 0 Å². The number of aromatic nitrogens is 2. The molecule has 0 aromatic carbocycles. The molecule has 2 amide bonds. The summed E-state index contributed by atoms with van der Waals surface area (Å²) in [5.41, 5.74) is -0.374. The predicted molar refractivity (Wildman–Crippen MR) is 79.7 cm³/mol. The predicted octanol–water partition coefficient (Wildman–Crippen LogP) is 0.507. The minimum Gasteiger partial charge on any atom is -0.373 e. The van der Waals surface area contributed by atoms with Crippen LogP contribution in [-0.2, 0) is 20.9 Å². The van der Waals surface area contributed by atoms with Crippen LogP contribution in [0.5, 0.6) is 0 Å². The highest BCUT2D eigenvalue weighted by Gasteiger charge is 2.39. The minimum absolute atomic E-state index is 0.146. The first-order valence-electron chi connectivity index (χ1n) is 7.28. The maximum Gasteiger partial charge on any atom is 0.248 e. The number of carbonyl (C=O) groups excluding carboxylic acids is 2. The summed E-state index contributed by atoms with van der Waals surface area (Å²) in [5.74, 6) is 0.134. The van der Waals surface area contributed by atoms with Crippen molar-refractivity contribution in [1.29, 1.82) is 0 Å². The molecule has 2 unspecified atom stereocenters. The zero-order valence-corrected chi connectivity index (χ0v) is 13.4. The molecule has 0 spiro atoms. The van der Waals surface area contributed by atoms with E-state index in [1.54, 1.807) is 25.4 Å². The molecule has 120 valence electrons. The highest BCUT2D eigenvalue weighted by molar-refractivity contribution is 5.96. The molecule has 1 fully saturated rings. The molecule has 0 radical (unpaired) electrons. The molecule has 1 saturated heterocycles. The Hall–Kier alpha value is -2.02.